The predicted octanol–water partition coefficient (Wildman–Crippen LogP) is 8.18. The van der Waals surface area contributed by atoms with Gasteiger partial charge in [-0.3, -0.25) is 9.78 Å². The average Bonchev–Trinajstić information content (AvgIpc) is 3.95. The molecule has 12 heteroatoms. The van der Waals surface area contributed by atoms with E-state index in [1.165, 1.54) is 29.5 Å². The highest BCUT2D eigenvalue weighted by molar-refractivity contribution is 7.23. The first-order chi connectivity index (χ1) is 24.4. The van der Waals surface area contributed by atoms with Crippen LogP contribution in [0.5, 0.6) is 5.75 Å². The van der Waals surface area contributed by atoms with E-state index in [1.807, 2.05) is 11.0 Å². The number of benzene rings is 2. The Morgan fingerprint density at radius 1 is 1.02 bits per heavy atom. The number of nitrogens with zero attached hydrogens (tertiary/aromatic N) is 5. The lowest BCUT2D eigenvalue weighted by molar-refractivity contribution is 0.0776. The monoisotopic (exact) mass is 690 g/mol. The largest absolute Gasteiger partial charge is 0.496 e. The molecule has 0 unspecified atom stereocenters. The van der Waals surface area contributed by atoms with Gasteiger partial charge in [0.05, 0.1) is 46.4 Å². The number of fused-ring (bicyclic) bond motifs is 5. The molecule has 2 aliphatic heterocycles. The van der Waals surface area contributed by atoms with E-state index < -0.39 is 0 Å². The Morgan fingerprint density at radius 2 is 1.88 bits per heavy atom. The van der Waals surface area contributed by atoms with Crippen molar-refractivity contribution in [3.05, 3.63) is 106 Å². The predicted molar refractivity (Wildman–Crippen MR) is 185 cm³/mol. The Balaban J connectivity index is 1.20. The highest BCUT2D eigenvalue weighted by Gasteiger charge is 2.45. The molecule has 0 radical (unpaired) electrons. The summed E-state index contributed by atoms with van der Waals surface area (Å²) in [7, 11) is 1.56. The van der Waals surface area contributed by atoms with Gasteiger partial charge in [-0.25, -0.2) is 13.8 Å². The molecule has 1 aliphatic carbocycles. The van der Waals surface area contributed by atoms with Crippen LogP contribution in [0.2, 0.25) is 0 Å². The van der Waals surface area contributed by atoms with Crippen molar-refractivity contribution in [3.8, 4) is 27.6 Å². The second-order valence-electron chi connectivity index (χ2n) is 13.1. The fourth-order valence-electron chi connectivity index (χ4n) is 7.86. The normalized spacial score (nSPS) is 17.8. The standard InChI is InChI=1S/C38H32F2N6O3S/c1-19-44-45-37(49-19)31-27(11-7-20-5-8-22(39)9-6-20)42-34-28-4-3-15-46(28)38(47)33(34)32(31)30-16-21-13-14-41-36(35(21)50-30)43-26-12-10-24-25(26)17-23(40)18-29(24)48-2/h5-6,8-9,13-14,16-18,26,28H,3-4,7,10-12,15H2,1-2H3,(H,41,43)/t26-,28-/m0/s1. The second-order valence-corrected chi connectivity index (χ2v) is 14.1. The van der Waals surface area contributed by atoms with Crippen LogP contribution in [0, 0.1) is 18.6 Å². The lowest BCUT2D eigenvalue weighted by Gasteiger charge is -2.16. The van der Waals surface area contributed by atoms with Crippen LogP contribution >= 0.6 is 11.3 Å². The van der Waals surface area contributed by atoms with Crippen molar-refractivity contribution < 1.29 is 22.7 Å². The number of hydrogen-bond acceptors (Lipinski definition) is 9. The van der Waals surface area contributed by atoms with Gasteiger partial charge in [0.1, 0.15) is 23.2 Å². The Labute approximate surface area is 290 Å². The summed E-state index contributed by atoms with van der Waals surface area (Å²) < 4.78 is 40.8. The van der Waals surface area contributed by atoms with E-state index in [-0.39, 0.29) is 29.6 Å². The van der Waals surface area contributed by atoms with Crippen LogP contribution in [0.3, 0.4) is 0 Å². The van der Waals surface area contributed by atoms with Crippen LogP contribution in [-0.4, -0.2) is 44.6 Å². The molecule has 0 spiro atoms. The zero-order valence-electron chi connectivity index (χ0n) is 27.4. The smallest absolute Gasteiger partial charge is 0.257 e. The molecule has 1 fully saturated rings. The summed E-state index contributed by atoms with van der Waals surface area (Å²) in [6.45, 7) is 2.42. The summed E-state index contributed by atoms with van der Waals surface area (Å²) in [5.41, 5.74) is 6.33. The van der Waals surface area contributed by atoms with Crippen molar-refractivity contribution in [3.63, 3.8) is 0 Å². The van der Waals surface area contributed by atoms with Crippen LogP contribution < -0.4 is 10.1 Å². The average molecular weight is 691 g/mol. The molecule has 1 amide bonds. The van der Waals surface area contributed by atoms with Gasteiger partial charge in [-0.05, 0) is 90.9 Å². The van der Waals surface area contributed by atoms with Gasteiger partial charge < -0.3 is 19.4 Å². The van der Waals surface area contributed by atoms with Gasteiger partial charge in [0.2, 0.25) is 11.8 Å². The van der Waals surface area contributed by atoms with Gasteiger partial charge in [-0.2, -0.15) is 0 Å². The summed E-state index contributed by atoms with van der Waals surface area (Å²) in [5.74, 6) is 1.28. The highest BCUT2D eigenvalue weighted by atomic mass is 32.1. The molecule has 0 bridgehead atoms. The molecule has 2 aromatic carbocycles. The summed E-state index contributed by atoms with van der Waals surface area (Å²) in [6, 6.07) is 13.3. The Kier molecular flexibility index (Phi) is 7.38. The lowest BCUT2D eigenvalue weighted by Crippen LogP contribution is -2.22. The van der Waals surface area contributed by atoms with Crippen molar-refractivity contribution in [2.45, 2.75) is 57.5 Å². The van der Waals surface area contributed by atoms with Gasteiger partial charge in [-0.15, -0.1) is 21.5 Å². The number of carbonyl (C=O) groups is 1. The molecule has 4 aromatic heterocycles. The van der Waals surface area contributed by atoms with Crippen LogP contribution in [0.1, 0.15) is 75.7 Å². The third-order valence-electron chi connectivity index (χ3n) is 10.1. The van der Waals surface area contributed by atoms with E-state index in [9.17, 15) is 13.6 Å². The fraction of sp³-hybridized carbons (Fsp3) is 0.289. The minimum Gasteiger partial charge on any atom is -0.496 e. The molecule has 9 nitrogen and oxygen atoms in total. The van der Waals surface area contributed by atoms with E-state index in [0.717, 1.165) is 74.3 Å². The topological polar surface area (TPSA) is 106 Å². The van der Waals surface area contributed by atoms with Crippen molar-refractivity contribution in [2.75, 3.05) is 19.0 Å². The number of ether oxygens (including phenoxy) is 1. The zero-order valence-corrected chi connectivity index (χ0v) is 28.2. The van der Waals surface area contributed by atoms with Crippen molar-refractivity contribution >= 4 is 33.1 Å². The molecule has 9 rings (SSSR count). The molecule has 0 saturated carbocycles. The maximum absolute atomic E-state index is 14.6. The van der Waals surface area contributed by atoms with Gasteiger partial charge in [0.15, 0.2) is 0 Å². The van der Waals surface area contributed by atoms with Crippen LogP contribution in [0.25, 0.3) is 32.0 Å². The van der Waals surface area contributed by atoms with Crippen LogP contribution in [0.15, 0.2) is 59.1 Å². The zero-order chi connectivity index (χ0) is 34.1. The third-order valence-corrected chi connectivity index (χ3v) is 11.3. The van der Waals surface area contributed by atoms with Crippen LogP contribution in [-0.2, 0) is 19.3 Å². The summed E-state index contributed by atoms with van der Waals surface area (Å²) in [5, 5.41) is 13.2. The number of aryl methyl sites for hydroxylation is 3. The molecule has 2 atom stereocenters. The molecular weight excluding hydrogens is 659 g/mol. The van der Waals surface area contributed by atoms with E-state index in [1.54, 1.807) is 38.4 Å². The van der Waals surface area contributed by atoms with Gasteiger partial charge >= 0.3 is 0 Å². The number of hydrogen-bond donors (Lipinski definition) is 1. The minimum atomic E-state index is -0.338. The molecule has 50 heavy (non-hydrogen) atoms. The quantitative estimate of drug-likeness (QED) is 0.171. The molecule has 6 heterocycles. The molecule has 6 aromatic rings. The van der Waals surface area contributed by atoms with Gasteiger partial charge in [-0.1, -0.05) is 12.1 Å². The number of thiophene rings is 1. The van der Waals surface area contributed by atoms with E-state index in [0.29, 0.717) is 53.9 Å². The van der Waals surface area contributed by atoms with Crippen molar-refractivity contribution in [2.24, 2.45) is 0 Å². The first kappa shape index (κ1) is 30.8. The number of amides is 1. The second kappa shape index (κ2) is 12.0. The Bertz CT molecular complexity index is 2320. The summed E-state index contributed by atoms with van der Waals surface area (Å²) in [6.07, 6.45) is 6.19. The van der Waals surface area contributed by atoms with Crippen molar-refractivity contribution in [1.82, 2.24) is 25.1 Å². The number of aromatic nitrogens is 4. The number of anilines is 1. The minimum absolute atomic E-state index is 0.0416. The summed E-state index contributed by atoms with van der Waals surface area (Å²) >= 11 is 1.54. The SMILES string of the molecule is COc1cc(F)cc2c1CC[C@@H]2Nc1nccc2cc(-c3c4c(nc(CCc5ccc(F)cc5)c3-c3nnc(C)o3)[C@@H]3CCCN3C4=O)sc12. The summed E-state index contributed by atoms with van der Waals surface area (Å²) in [4.78, 5) is 27.0. The van der Waals surface area contributed by atoms with Gasteiger partial charge in [0.25, 0.3) is 5.91 Å². The molecule has 1 N–H and O–H groups in total. The van der Waals surface area contributed by atoms with E-state index in [4.69, 9.17) is 19.1 Å². The number of methoxy groups -OCH3 is 1. The van der Waals surface area contributed by atoms with E-state index >= 15 is 0 Å². The first-order valence-corrected chi connectivity index (χ1v) is 17.6. The third kappa shape index (κ3) is 5.03. The molecule has 252 valence electrons. The lowest BCUT2D eigenvalue weighted by atomic mass is 9.93. The number of rotatable bonds is 8. The number of pyridine rings is 2. The Hall–Kier alpha value is -5.23. The first-order valence-electron chi connectivity index (χ1n) is 16.8. The number of halogens is 2. The maximum Gasteiger partial charge on any atom is 0.257 e. The maximum atomic E-state index is 14.6. The number of nitrogens with one attached hydrogen (secondary N) is 1. The Morgan fingerprint density at radius 3 is 2.68 bits per heavy atom. The van der Waals surface area contributed by atoms with Gasteiger partial charge in [0, 0.05) is 36.2 Å². The fourth-order valence-corrected chi connectivity index (χ4v) is 9.03. The van der Waals surface area contributed by atoms with Crippen molar-refractivity contribution in [1.29, 1.82) is 0 Å². The molecule has 3 aliphatic rings. The highest BCUT2D eigenvalue weighted by Crippen LogP contribution is 2.51. The number of carbonyl (C=O) groups excluding carboxylic acids is 1. The van der Waals surface area contributed by atoms with Crippen LogP contribution in [0.4, 0.5) is 14.6 Å². The van der Waals surface area contributed by atoms with E-state index in [2.05, 4.69) is 21.6 Å². The molecular formula is C38H32F2N6O3S. The molecule has 1 saturated heterocycles.